The normalized spacial score (nSPS) is 10.5. The lowest BCUT2D eigenvalue weighted by Crippen LogP contribution is -2.34. The number of benzene rings is 3. The van der Waals surface area contributed by atoms with Crippen LogP contribution in [0, 0.1) is 5.82 Å². The Morgan fingerprint density at radius 3 is 2.31 bits per heavy atom. The van der Waals surface area contributed by atoms with Crippen LogP contribution in [0.3, 0.4) is 0 Å². The fourth-order valence-electron chi connectivity index (χ4n) is 2.94. The van der Waals surface area contributed by atoms with Crippen molar-refractivity contribution >= 4 is 24.0 Å². The summed E-state index contributed by atoms with van der Waals surface area (Å²) in [5.74, 6) is -0.958. The Morgan fingerprint density at radius 1 is 0.944 bits per heavy atom. The number of nitrogens with zero attached hydrogens (tertiary/aromatic N) is 1. The van der Waals surface area contributed by atoms with Crippen molar-refractivity contribution in [2.45, 2.75) is 6.92 Å². The monoisotopic (exact) mass is 493 g/mol. The van der Waals surface area contributed by atoms with Crippen molar-refractivity contribution in [2.24, 2.45) is 5.10 Å². The molecule has 0 aliphatic carbocycles. The molecule has 0 radical (unpaired) electrons. The highest BCUT2D eigenvalue weighted by Crippen LogP contribution is 2.28. The smallest absolute Gasteiger partial charge is 0.343 e. The van der Waals surface area contributed by atoms with E-state index in [1.165, 1.54) is 31.5 Å². The third kappa shape index (κ3) is 7.39. The Bertz CT molecular complexity index is 1240. The quantitative estimate of drug-likeness (QED) is 0.194. The molecule has 0 spiro atoms. The first-order valence-corrected chi connectivity index (χ1v) is 10.9. The molecule has 186 valence electrons. The molecule has 2 amide bonds. The summed E-state index contributed by atoms with van der Waals surface area (Å²) in [5.41, 5.74) is 3.42. The van der Waals surface area contributed by atoms with Crippen LogP contribution in [0.1, 0.15) is 33.2 Å². The molecule has 0 heterocycles. The minimum Gasteiger partial charge on any atom is -0.494 e. The maximum atomic E-state index is 12.9. The highest BCUT2D eigenvalue weighted by molar-refractivity contribution is 5.96. The van der Waals surface area contributed by atoms with Crippen LogP contribution in [-0.2, 0) is 4.79 Å². The van der Waals surface area contributed by atoms with Gasteiger partial charge in [-0.2, -0.15) is 5.10 Å². The van der Waals surface area contributed by atoms with E-state index < -0.39 is 23.6 Å². The minimum absolute atomic E-state index is 0.209. The van der Waals surface area contributed by atoms with Crippen LogP contribution < -0.4 is 25.0 Å². The van der Waals surface area contributed by atoms with Crippen LogP contribution in [-0.4, -0.2) is 44.3 Å². The zero-order valence-electron chi connectivity index (χ0n) is 19.6. The highest BCUT2D eigenvalue weighted by atomic mass is 19.1. The van der Waals surface area contributed by atoms with Gasteiger partial charge in [0, 0.05) is 5.56 Å². The van der Waals surface area contributed by atoms with Crippen LogP contribution in [0.4, 0.5) is 4.39 Å². The third-order valence-electron chi connectivity index (χ3n) is 4.71. The lowest BCUT2D eigenvalue weighted by Gasteiger charge is -2.10. The van der Waals surface area contributed by atoms with E-state index in [9.17, 15) is 18.8 Å². The summed E-state index contributed by atoms with van der Waals surface area (Å²) in [6.45, 7) is 2.07. The van der Waals surface area contributed by atoms with Crippen LogP contribution in [0.15, 0.2) is 71.8 Å². The Kier molecular flexibility index (Phi) is 9.10. The van der Waals surface area contributed by atoms with Crippen LogP contribution in [0.5, 0.6) is 17.2 Å². The van der Waals surface area contributed by atoms with Gasteiger partial charge in [-0.3, -0.25) is 9.59 Å². The molecular weight excluding hydrogens is 469 g/mol. The SMILES string of the molecule is CCOc1ccc(C(=O)Oc2ccc(C=NNC(=O)CNC(=O)c3ccc(F)cc3)cc2OC)cc1. The maximum Gasteiger partial charge on any atom is 0.343 e. The molecule has 0 aromatic heterocycles. The molecule has 10 heteroatoms. The molecule has 0 aliphatic rings. The first-order chi connectivity index (χ1) is 17.4. The lowest BCUT2D eigenvalue weighted by atomic mass is 10.2. The zero-order chi connectivity index (χ0) is 25.9. The van der Waals surface area contributed by atoms with E-state index in [-0.39, 0.29) is 23.6 Å². The van der Waals surface area contributed by atoms with E-state index in [1.54, 1.807) is 36.4 Å². The van der Waals surface area contributed by atoms with Gasteiger partial charge in [0.1, 0.15) is 11.6 Å². The van der Waals surface area contributed by atoms with Gasteiger partial charge in [-0.25, -0.2) is 14.6 Å². The van der Waals surface area contributed by atoms with Crippen LogP contribution in [0.25, 0.3) is 0 Å². The van der Waals surface area contributed by atoms with E-state index in [0.717, 1.165) is 12.1 Å². The largest absolute Gasteiger partial charge is 0.494 e. The topological polar surface area (TPSA) is 115 Å². The molecule has 0 saturated heterocycles. The molecule has 36 heavy (non-hydrogen) atoms. The first-order valence-electron chi connectivity index (χ1n) is 10.9. The van der Waals surface area contributed by atoms with Gasteiger partial charge in [-0.1, -0.05) is 0 Å². The number of hydrogen-bond acceptors (Lipinski definition) is 7. The van der Waals surface area contributed by atoms with Gasteiger partial charge < -0.3 is 19.5 Å². The van der Waals surface area contributed by atoms with E-state index in [4.69, 9.17) is 14.2 Å². The number of nitrogens with one attached hydrogen (secondary N) is 2. The van der Waals surface area contributed by atoms with Crippen molar-refractivity contribution in [1.29, 1.82) is 0 Å². The molecule has 3 rings (SSSR count). The Balaban J connectivity index is 1.53. The average Bonchev–Trinajstić information content (AvgIpc) is 2.89. The average molecular weight is 493 g/mol. The number of carbonyl (C=O) groups excluding carboxylic acids is 3. The fraction of sp³-hybridized carbons (Fsp3) is 0.154. The van der Waals surface area contributed by atoms with Crippen molar-refractivity contribution in [3.05, 3.63) is 89.2 Å². The number of carbonyl (C=O) groups is 3. The molecule has 0 fully saturated rings. The predicted molar refractivity (Wildman–Crippen MR) is 130 cm³/mol. The number of halogens is 1. The van der Waals surface area contributed by atoms with Gasteiger partial charge >= 0.3 is 5.97 Å². The van der Waals surface area contributed by atoms with Gasteiger partial charge in [0.25, 0.3) is 11.8 Å². The van der Waals surface area contributed by atoms with Gasteiger partial charge in [0.05, 0.1) is 32.0 Å². The summed E-state index contributed by atoms with van der Waals surface area (Å²) < 4.78 is 29.0. The second-order valence-corrected chi connectivity index (χ2v) is 7.24. The predicted octanol–water partition coefficient (Wildman–Crippen LogP) is 3.33. The standard InChI is InChI=1S/C26H24FN3O6/c1-3-35-21-11-7-19(8-12-21)26(33)36-22-13-4-17(14-23(22)34-2)15-29-30-24(31)16-28-25(32)18-5-9-20(27)10-6-18/h4-15H,3,16H2,1-2H3,(H,28,32)(H,30,31). The number of amides is 2. The first kappa shape index (κ1) is 25.9. The van der Waals surface area contributed by atoms with Gasteiger partial charge in [0.2, 0.25) is 0 Å². The Morgan fingerprint density at radius 2 is 1.64 bits per heavy atom. The summed E-state index contributed by atoms with van der Waals surface area (Å²) in [6, 6.07) is 16.2. The molecule has 0 unspecified atom stereocenters. The van der Waals surface area contributed by atoms with E-state index in [1.807, 2.05) is 6.92 Å². The van der Waals surface area contributed by atoms with Gasteiger partial charge in [0.15, 0.2) is 11.5 Å². The lowest BCUT2D eigenvalue weighted by molar-refractivity contribution is -0.120. The number of ether oxygens (including phenoxy) is 3. The minimum atomic E-state index is -0.562. The van der Waals surface area contributed by atoms with Crippen molar-refractivity contribution in [3.8, 4) is 17.2 Å². The molecule has 3 aromatic rings. The van der Waals surface area contributed by atoms with Crippen molar-refractivity contribution in [3.63, 3.8) is 0 Å². The summed E-state index contributed by atoms with van der Waals surface area (Å²) >= 11 is 0. The Labute approximate surface area is 206 Å². The third-order valence-corrected chi connectivity index (χ3v) is 4.71. The molecule has 0 aliphatic heterocycles. The fourth-order valence-corrected chi connectivity index (χ4v) is 2.94. The van der Waals surface area contributed by atoms with Gasteiger partial charge in [-0.05, 0) is 79.2 Å². The second-order valence-electron chi connectivity index (χ2n) is 7.24. The zero-order valence-corrected chi connectivity index (χ0v) is 19.6. The number of hydrazone groups is 1. The van der Waals surface area contributed by atoms with Crippen molar-refractivity contribution in [1.82, 2.24) is 10.7 Å². The Hall–Kier alpha value is -4.73. The summed E-state index contributed by atoms with van der Waals surface area (Å²) in [7, 11) is 1.43. The molecular formula is C26H24FN3O6. The summed E-state index contributed by atoms with van der Waals surface area (Å²) in [4.78, 5) is 36.3. The number of esters is 1. The highest BCUT2D eigenvalue weighted by Gasteiger charge is 2.13. The summed E-state index contributed by atoms with van der Waals surface area (Å²) in [5, 5.41) is 6.25. The maximum absolute atomic E-state index is 12.9. The summed E-state index contributed by atoms with van der Waals surface area (Å²) in [6.07, 6.45) is 1.36. The molecule has 2 N–H and O–H groups in total. The molecule has 0 saturated carbocycles. The van der Waals surface area contributed by atoms with Crippen LogP contribution in [0.2, 0.25) is 0 Å². The second kappa shape index (κ2) is 12.7. The molecule has 9 nitrogen and oxygen atoms in total. The number of rotatable bonds is 10. The van der Waals surface area contributed by atoms with Crippen molar-refractivity contribution in [2.75, 3.05) is 20.3 Å². The molecule has 3 aromatic carbocycles. The number of hydrogen-bond donors (Lipinski definition) is 2. The van der Waals surface area contributed by atoms with E-state index in [2.05, 4.69) is 15.8 Å². The van der Waals surface area contributed by atoms with E-state index >= 15 is 0 Å². The van der Waals surface area contributed by atoms with Crippen LogP contribution >= 0.6 is 0 Å². The van der Waals surface area contributed by atoms with Crippen molar-refractivity contribution < 1.29 is 33.0 Å². The molecule has 0 bridgehead atoms. The number of methoxy groups -OCH3 is 1. The van der Waals surface area contributed by atoms with Gasteiger partial charge in [-0.15, -0.1) is 0 Å². The van der Waals surface area contributed by atoms with E-state index in [0.29, 0.717) is 23.5 Å². The molecule has 0 atom stereocenters.